The fourth-order valence-electron chi connectivity index (χ4n) is 2.40. The van der Waals surface area contributed by atoms with Crippen molar-refractivity contribution >= 4 is 29.4 Å². The highest BCUT2D eigenvalue weighted by Crippen LogP contribution is 2.15. The molecule has 5 heteroatoms. The van der Waals surface area contributed by atoms with Gasteiger partial charge in [0.05, 0.1) is 6.61 Å². The van der Waals surface area contributed by atoms with E-state index < -0.39 is 6.09 Å². The Morgan fingerprint density at radius 3 is 2.69 bits per heavy atom. The van der Waals surface area contributed by atoms with Gasteiger partial charge in [0.2, 0.25) is 5.78 Å². The van der Waals surface area contributed by atoms with Gasteiger partial charge in [-0.2, -0.15) is 0 Å². The lowest BCUT2D eigenvalue weighted by Crippen LogP contribution is -2.13. The molecule has 5 nitrogen and oxygen atoms in total. The summed E-state index contributed by atoms with van der Waals surface area (Å²) in [7, 11) is 0. The van der Waals surface area contributed by atoms with E-state index in [1.165, 1.54) is 6.08 Å². The van der Waals surface area contributed by atoms with Gasteiger partial charge in [0.1, 0.15) is 6.29 Å². The average Bonchev–Trinajstić information content (AvgIpc) is 2.72. The zero-order valence-corrected chi connectivity index (χ0v) is 16.1. The first-order valence-corrected chi connectivity index (χ1v) is 9.00. The molecule has 0 aliphatic heterocycles. The molecule has 0 bridgehead atoms. The Bertz CT molecular complexity index is 1010. The molecule has 2 aromatic carbocycles. The topological polar surface area (TPSA) is 72.5 Å². The van der Waals surface area contributed by atoms with Crippen LogP contribution >= 0.6 is 0 Å². The van der Waals surface area contributed by atoms with Gasteiger partial charge < -0.3 is 4.74 Å². The zero-order chi connectivity index (χ0) is 21.1. The SMILES string of the molecule is C=C(/C=C\C(=O)C#CCc1cccc(NC(=O)OCC)c1)c1cccc(C=O)c1. The second-order valence-electron chi connectivity index (χ2n) is 5.99. The van der Waals surface area contributed by atoms with Gasteiger partial charge in [0.15, 0.2) is 0 Å². The number of nitrogens with one attached hydrogen (secondary N) is 1. The molecular weight excluding hydrogens is 366 g/mol. The zero-order valence-electron chi connectivity index (χ0n) is 16.1. The maximum absolute atomic E-state index is 11.9. The van der Waals surface area contributed by atoms with Gasteiger partial charge >= 0.3 is 6.09 Å². The van der Waals surface area contributed by atoms with Crippen molar-refractivity contribution in [3.05, 3.63) is 84.0 Å². The van der Waals surface area contributed by atoms with E-state index in [9.17, 15) is 14.4 Å². The summed E-state index contributed by atoms with van der Waals surface area (Å²) in [5.74, 6) is 5.03. The molecule has 2 rings (SSSR count). The Morgan fingerprint density at radius 1 is 1.14 bits per heavy atom. The Hall–Kier alpha value is -3.91. The summed E-state index contributed by atoms with van der Waals surface area (Å²) in [6, 6.07) is 14.1. The lowest BCUT2D eigenvalue weighted by molar-refractivity contribution is -0.109. The Kier molecular flexibility index (Phi) is 8.15. The quantitative estimate of drug-likeness (QED) is 0.250. The smallest absolute Gasteiger partial charge is 0.411 e. The number of rotatable bonds is 7. The van der Waals surface area contributed by atoms with Crippen LogP contribution in [0.5, 0.6) is 0 Å². The number of allylic oxidation sites excluding steroid dienone is 3. The molecule has 0 saturated carbocycles. The molecule has 0 radical (unpaired) electrons. The molecule has 29 heavy (non-hydrogen) atoms. The minimum atomic E-state index is -0.519. The predicted octanol–water partition coefficient (Wildman–Crippen LogP) is 4.45. The van der Waals surface area contributed by atoms with Gasteiger partial charge in [-0.15, -0.1) is 0 Å². The van der Waals surface area contributed by atoms with Crippen LogP contribution in [0.4, 0.5) is 10.5 Å². The number of anilines is 1. The summed E-state index contributed by atoms with van der Waals surface area (Å²) in [5, 5.41) is 2.62. The molecule has 2 aromatic rings. The maximum Gasteiger partial charge on any atom is 0.411 e. The van der Waals surface area contributed by atoms with Gasteiger partial charge in [-0.25, -0.2) is 4.79 Å². The molecule has 1 N–H and O–H groups in total. The summed E-state index contributed by atoms with van der Waals surface area (Å²) in [6.07, 6.45) is 3.52. The third-order valence-corrected chi connectivity index (χ3v) is 3.78. The molecule has 0 fully saturated rings. The summed E-state index contributed by atoms with van der Waals surface area (Å²) in [4.78, 5) is 34.2. The van der Waals surface area contributed by atoms with Crippen molar-refractivity contribution < 1.29 is 19.1 Å². The largest absolute Gasteiger partial charge is 0.450 e. The van der Waals surface area contributed by atoms with E-state index in [0.29, 0.717) is 29.9 Å². The fourth-order valence-corrected chi connectivity index (χ4v) is 2.40. The second-order valence-corrected chi connectivity index (χ2v) is 5.99. The lowest BCUT2D eigenvalue weighted by atomic mass is 10.0. The molecule has 0 heterocycles. The predicted molar refractivity (Wildman–Crippen MR) is 114 cm³/mol. The van der Waals surface area contributed by atoms with Crippen LogP contribution < -0.4 is 5.32 Å². The lowest BCUT2D eigenvalue weighted by Gasteiger charge is -2.05. The fraction of sp³-hybridized carbons (Fsp3) is 0.125. The normalized spacial score (nSPS) is 9.97. The van der Waals surface area contributed by atoms with Gasteiger partial charge in [0, 0.05) is 17.7 Å². The van der Waals surface area contributed by atoms with E-state index in [2.05, 4.69) is 23.7 Å². The summed E-state index contributed by atoms with van der Waals surface area (Å²) in [6.45, 7) is 5.92. The first-order valence-electron chi connectivity index (χ1n) is 9.00. The van der Waals surface area contributed by atoms with E-state index in [1.807, 2.05) is 12.1 Å². The number of aldehydes is 1. The van der Waals surface area contributed by atoms with Crippen molar-refractivity contribution in [1.82, 2.24) is 0 Å². The van der Waals surface area contributed by atoms with Crippen molar-refractivity contribution in [2.45, 2.75) is 13.3 Å². The first-order chi connectivity index (χ1) is 14.0. The molecule has 0 unspecified atom stereocenters. The molecular formula is C24H21NO4. The molecule has 0 spiro atoms. The Morgan fingerprint density at radius 2 is 1.93 bits per heavy atom. The summed E-state index contributed by atoms with van der Waals surface area (Å²) in [5.41, 5.74) is 3.38. The van der Waals surface area contributed by atoms with E-state index >= 15 is 0 Å². The molecule has 1 amide bonds. The van der Waals surface area contributed by atoms with Crippen LogP contribution in [0.2, 0.25) is 0 Å². The number of benzene rings is 2. The van der Waals surface area contributed by atoms with Gasteiger partial charge in [-0.1, -0.05) is 48.9 Å². The Labute approximate surface area is 170 Å². The van der Waals surface area contributed by atoms with Crippen molar-refractivity contribution in [3.63, 3.8) is 0 Å². The van der Waals surface area contributed by atoms with E-state index in [4.69, 9.17) is 4.74 Å². The highest BCUT2D eigenvalue weighted by Gasteiger charge is 2.02. The minimum Gasteiger partial charge on any atom is -0.450 e. The maximum atomic E-state index is 11.9. The van der Waals surface area contributed by atoms with Gasteiger partial charge in [-0.3, -0.25) is 14.9 Å². The third-order valence-electron chi connectivity index (χ3n) is 3.78. The van der Waals surface area contributed by atoms with E-state index in [-0.39, 0.29) is 5.78 Å². The highest BCUT2D eigenvalue weighted by molar-refractivity contribution is 6.05. The summed E-state index contributed by atoms with van der Waals surface area (Å²) >= 11 is 0. The Balaban J connectivity index is 1.93. The van der Waals surface area contributed by atoms with Gasteiger partial charge in [-0.05, 0) is 53.8 Å². The summed E-state index contributed by atoms with van der Waals surface area (Å²) < 4.78 is 4.83. The third kappa shape index (κ3) is 7.31. The molecule has 146 valence electrons. The molecule has 0 aliphatic rings. The van der Waals surface area contributed by atoms with Gasteiger partial charge in [0.25, 0.3) is 0 Å². The molecule has 0 atom stereocenters. The molecule has 0 saturated heterocycles. The molecule has 0 aromatic heterocycles. The second kappa shape index (κ2) is 11.1. The number of ketones is 1. The number of ether oxygens (including phenoxy) is 1. The van der Waals surface area contributed by atoms with Crippen LogP contribution in [-0.4, -0.2) is 24.8 Å². The van der Waals surface area contributed by atoms with Crippen molar-refractivity contribution in [1.29, 1.82) is 0 Å². The number of carbonyl (C=O) groups is 3. The average molecular weight is 387 g/mol. The van der Waals surface area contributed by atoms with Crippen LogP contribution in [0.3, 0.4) is 0 Å². The number of hydrogen-bond donors (Lipinski definition) is 1. The standard InChI is InChI=1S/C24H21NO4/c1-3-29-24(28)25-22-11-5-7-19(16-22)8-6-12-23(27)14-13-18(2)21-10-4-9-20(15-21)17-26/h4-5,7,9-11,13-17H,2-3,8H2,1H3,(H,25,28)/b14-13-. The van der Waals surface area contributed by atoms with Crippen LogP contribution in [0.25, 0.3) is 5.57 Å². The monoisotopic (exact) mass is 387 g/mol. The first kappa shape index (κ1) is 21.4. The van der Waals surface area contributed by atoms with Crippen LogP contribution in [0, 0.1) is 11.8 Å². The van der Waals surface area contributed by atoms with E-state index in [1.54, 1.807) is 49.4 Å². The number of hydrogen-bond acceptors (Lipinski definition) is 4. The van der Waals surface area contributed by atoms with Crippen molar-refractivity contribution in [2.24, 2.45) is 0 Å². The van der Waals surface area contributed by atoms with Crippen LogP contribution in [0.1, 0.15) is 28.4 Å². The van der Waals surface area contributed by atoms with Crippen LogP contribution in [-0.2, 0) is 16.0 Å². The molecule has 0 aliphatic carbocycles. The highest BCUT2D eigenvalue weighted by atomic mass is 16.5. The van der Waals surface area contributed by atoms with Crippen LogP contribution in [0.15, 0.2) is 67.3 Å². The van der Waals surface area contributed by atoms with Crippen molar-refractivity contribution in [3.8, 4) is 11.8 Å². The minimum absolute atomic E-state index is 0.293. The van der Waals surface area contributed by atoms with Crippen molar-refractivity contribution in [2.75, 3.05) is 11.9 Å². The van der Waals surface area contributed by atoms with E-state index in [0.717, 1.165) is 17.4 Å². The number of amides is 1. The number of carbonyl (C=O) groups excluding carboxylic acids is 3.